The molecule has 1 heterocycles. The number of hydrogen-bond acceptors (Lipinski definition) is 2. The summed E-state index contributed by atoms with van der Waals surface area (Å²) >= 11 is 0. The van der Waals surface area contributed by atoms with Crippen LogP contribution in [0.15, 0.2) is 12.3 Å². The van der Waals surface area contributed by atoms with Crippen molar-refractivity contribution in [2.45, 2.75) is 26.4 Å². The molecule has 0 amide bonds. The molecule has 1 aromatic heterocycles. The average molecular weight is 153 g/mol. The van der Waals surface area contributed by atoms with Crippen LogP contribution in [0.5, 0.6) is 0 Å². The molecule has 62 valence electrons. The summed E-state index contributed by atoms with van der Waals surface area (Å²) in [6, 6.07) is 2.50. The zero-order chi connectivity index (χ0) is 8.27. The molecular weight excluding hydrogens is 138 g/mol. The van der Waals surface area contributed by atoms with Gasteiger partial charge in [0.15, 0.2) is 0 Å². The van der Waals surface area contributed by atoms with Crippen molar-refractivity contribution in [2.75, 3.05) is 7.05 Å². The fraction of sp³-hybridized carbons (Fsp3) is 0.625. The topological polar surface area (TPSA) is 29.9 Å². The minimum absolute atomic E-state index is 0.459. The first-order valence-electron chi connectivity index (χ1n) is 3.92. The lowest BCUT2D eigenvalue weighted by molar-refractivity contribution is 0.524. The Morgan fingerprint density at radius 2 is 2.36 bits per heavy atom. The standard InChI is InChI=1S/C8H15N3/c1-7(2)11-5-4-8(10-11)6-9-3/h4-5,7,9H,6H2,1-3H3. The van der Waals surface area contributed by atoms with Crippen LogP contribution >= 0.6 is 0 Å². The van der Waals surface area contributed by atoms with Gasteiger partial charge in [-0.2, -0.15) is 5.10 Å². The van der Waals surface area contributed by atoms with Gasteiger partial charge in [0.1, 0.15) is 0 Å². The van der Waals surface area contributed by atoms with E-state index in [-0.39, 0.29) is 0 Å². The predicted octanol–water partition coefficient (Wildman–Crippen LogP) is 1.18. The Kier molecular flexibility index (Phi) is 2.65. The molecule has 0 radical (unpaired) electrons. The van der Waals surface area contributed by atoms with Crippen LogP contribution in [0.25, 0.3) is 0 Å². The first-order valence-corrected chi connectivity index (χ1v) is 3.92. The van der Waals surface area contributed by atoms with Crippen LogP contribution < -0.4 is 5.32 Å². The molecule has 0 bridgehead atoms. The van der Waals surface area contributed by atoms with Gasteiger partial charge in [-0.15, -0.1) is 0 Å². The second kappa shape index (κ2) is 3.53. The number of aromatic nitrogens is 2. The van der Waals surface area contributed by atoms with E-state index < -0.39 is 0 Å². The van der Waals surface area contributed by atoms with Crippen LogP contribution in [-0.4, -0.2) is 16.8 Å². The molecule has 0 unspecified atom stereocenters. The molecule has 0 spiro atoms. The molecule has 0 aliphatic carbocycles. The Labute approximate surface area is 67.4 Å². The smallest absolute Gasteiger partial charge is 0.0762 e. The van der Waals surface area contributed by atoms with Crippen molar-refractivity contribution in [3.05, 3.63) is 18.0 Å². The Bertz CT molecular complexity index is 215. The summed E-state index contributed by atoms with van der Waals surface area (Å²) in [5.74, 6) is 0. The van der Waals surface area contributed by atoms with E-state index in [1.165, 1.54) is 0 Å². The van der Waals surface area contributed by atoms with E-state index in [2.05, 4.69) is 24.3 Å². The predicted molar refractivity (Wildman–Crippen MR) is 45.4 cm³/mol. The van der Waals surface area contributed by atoms with Gasteiger partial charge in [-0.1, -0.05) is 0 Å². The van der Waals surface area contributed by atoms with Crippen molar-refractivity contribution in [1.29, 1.82) is 0 Å². The van der Waals surface area contributed by atoms with Gasteiger partial charge in [0.2, 0.25) is 0 Å². The lowest BCUT2D eigenvalue weighted by atomic mass is 10.4. The highest BCUT2D eigenvalue weighted by Gasteiger charge is 1.99. The van der Waals surface area contributed by atoms with E-state index in [4.69, 9.17) is 0 Å². The zero-order valence-electron chi connectivity index (χ0n) is 7.33. The van der Waals surface area contributed by atoms with Crippen molar-refractivity contribution in [1.82, 2.24) is 15.1 Å². The second-order valence-electron chi connectivity index (χ2n) is 2.91. The van der Waals surface area contributed by atoms with Crippen LogP contribution in [-0.2, 0) is 6.54 Å². The maximum atomic E-state index is 4.35. The SMILES string of the molecule is CNCc1ccn(C(C)C)n1. The maximum absolute atomic E-state index is 4.35. The summed E-state index contributed by atoms with van der Waals surface area (Å²) in [5, 5.41) is 7.41. The minimum atomic E-state index is 0.459. The second-order valence-corrected chi connectivity index (χ2v) is 2.91. The lowest BCUT2D eigenvalue weighted by Gasteiger charge is -2.03. The highest BCUT2D eigenvalue weighted by atomic mass is 15.3. The molecule has 0 aliphatic rings. The third-order valence-corrected chi connectivity index (χ3v) is 1.55. The summed E-state index contributed by atoms with van der Waals surface area (Å²) in [6.45, 7) is 5.09. The van der Waals surface area contributed by atoms with Gasteiger partial charge in [0.05, 0.1) is 5.69 Å². The first kappa shape index (κ1) is 8.27. The van der Waals surface area contributed by atoms with Gasteiger partial charge in [-0.05, 0) is 27.0 Å². The molecule has 1 N–H and O–H groups in total. The monoisotopic (exact) mass is 153 g/mol. The van der Waals surface area contributed by atoms with Crippen LogP contribution in [0.2, 0.25) is 0 Å². The summed E-state index contributed by atoms with van der Waals surface area (Å²) in [7, 11) is 1.92. The van der Waals surface area contributed by atoms with E-state index in [1.807, 2.05) is 24.0 Å². The van der Waals surface area contributed by atoms with Gasteiger partial charge in [0.25, 0.3) is 0 Å². The largest absolute Gasteiger partial charge is 0.314 e. The van der Waals surface area contributed by atoms with Crippen molar-refractivity contribution in [2.24, 2.45) is 0 Å². The third-order valence-electron chi connectivity index (χ3n) is 1.55. The van der Waals surface area contributed by atoms with Crippen LogP contribution in [0.1, 0.15) is 25.6 Å². The van der Waals surface area contributed by atoms with Gasteiger partial charge in [-0.25, -0.2) is 0 Å². The molecular formula is C8H15N3. The molecule has 0 atom stereocenters. The van der Waals surface area contributed by atoms with Gasteiger partial charge in [-0.3, -0.25) is 4.68 Å². The van der Waals surface area contributed by atoms with Crippen molar-refractivity contribution in [3.63, 3.8) is 0 Å². The highest BCUT2D eigenvalue weighted by Crippen LogP contribution is 2.03. The van der Waals surface area contributed by atoms with Crippen molar-refractivity contribution in [3.8, 4) is 0 Å². The Morgan fingerprint density at radius 3 is 2.82 bits per heavy atom. The number of rotatable bonds is 3. The van der Waals surface area contributed by atoms with E-state index >= 15 is 0 Å². The average Bonchev–Trinajstić information content (AvgIpc) is 2.37. The van der Waals surface area contributed by atoms with E-state index in [0.29, 0.717) is 6.04 Å². The van der Waals surface area contributed by atoms with Crippen molar-refractivity contribution < 1.29 is 0 Å². The van der Waals surface area contributed by atoms with Crippen molar-refractivity contribution >= 4 is 0 Å². The summed E-state index contributed by atoms with van der Waals surface area (Å²) < 4.78 is 1.96. The van der Waals surface area contributed by atoms with Crippen LogP contribution in [0, 0.1) is 0 Å². The Morgan fingerprint density at radius 1 is 1.64 bits per heavy atom. The fourth-order valence-corrected chi connectivity index (χ4v) is 0.940. The normalized spacial score (nSPS) is 10.9. The molecule has 0 aliphatic heterocycles. The van der Waals surface area contributed by atoms with Crippen LogP contribution in [0.4, 0.5) is 0 Å². The van der Waals surface area contributed by atoms with Gasteiger partial charge < -0.3 is 5.32 Å². The lowest BCUT2D eigenvalue weighted by Crippen LogP contribution is -2.07. The molecule has 11 heavy (non-hydrogen) atoms. The molecule has 0 saturated carbocycles. The maximum Gasteiger partial charge on any atom is 0.0762 e. The summed E-state index contributed by atoms with van der Waals surface area (Å²) in [6.07, 6.45) is 2.01. The highest BCUT2D eigenvalue weighted by molar-refractivity contribution is 4.98. The summed E-state index contributed by atoms with van der Waals surface area (Å²) in [4.78, 5) is 0. The van der Waals surface area contributed by atoms with E-state index in [9.17, 15) is 0 Å². The molecule has 0 aromatic carbocycles. The van der Waals surface area contributed by atoms with Crippen LogP contribution in [0.3, 0.4) is 0 Å². The molecule has 3 heteroatoms. The fourth-order valence-electron chi connectivity index (χ4n) is 0.940. The Hall–Kier alpha value is -0.830. The third kappa shape index (κ3) is 2.05. The molecule has 0 saturated heterocycles. The minimum Gasteiger partial charge on any atom is -0.314 e. The molecule has 3 nitrogen and oxygen atoms in total. The Balaban J connectivity index is 2.66. The first-order chi connectivity index (χ1) is 5.24. The van der Waals surface area contributed by atoms with E-state index in [1.54, 1.807) is 0 Å². The molecule has 1 rings (SSSR count). The molecule has 0 fully saturated rings. The molecule has 1 aromatic rings. The number of nitrogens with one attached hydrogen (secondary N) is 1. The van der Waals surface area contributed by atoms with E-state index in [0.717, 1.165) is 12.2 Å². The summed E-state index contributed by atoms with van der Waals surface area (Å²) in [5.41, 5.74) is 1.10. The van der Waals surface area contributed by atoms with Gasteiger partial charge in [0, 0.05) is 18.8 Å². The number of nitrogens with zero attached hydrogens (tertiary/aromatic N) is 2. The zero-order valence-corrected chi connectivity index (χ0v) is 7.33. The van der Waals surface area contributed by atoms with Gasteiger partial charge >= 0.3 is 0 Å². The number of hydrogen-bond donors (Lipinski definition) is 1. The quantitative estimate of drug-likeness (QED) is 0.706.